The average molecular weight is 479 g/mol. The number of nitrogens with one attached hydrogen (secondary N) is 1. The number of aliphatic carboxylic acids is 1. The van der Waals surface area contributed by atoms with Crippen LogP contribution >= 0.6 is 0 Å². The van der Waals surface area contributed by atoms with Crippen LogP contribution in [0.2, 0.25) is 0 Å². The normalized spacial score (nSPS) is 23.7. The fraction of sp³-hybridized carbons (Fsp3) is 0.417. The molecular formula is C24H23F2N7O2. The van der Waals surface area contributed by atoms with Crippen LogP contribution in [0, 0.1) is 35.3 Å². The Morgan fingerprint density at radius 2 is 1.94 bits per heavy atom. The number of fused-ring (bicyclic) bond motifs is 4. The molecule has 0 amide bonds. The number of carboxylic acids is 1. The Kier molecular flexibility index (Phi) is 5.08. The second kappa shape index (κ2) is 8.17. The van der Waals surface area contributed by atoms with Crippen LogP contribution in [0.15, 0.2) is 24.7 Å². The first kappa shape index (κ1) is 21.8. The molecule has 180 valence electrons. The summed E-state index contributed by atoms with van der Waals surface area (Å²) in [6, 6.07) is 1.28. The number of hydrogen-bond donors (Lipinski definition) is 2. The molecule has 0 aliphatic heterocycles. The third kappa shape index (κ3) is 3.65. The van der Waals surface area contributed by atoms with E-state index in [0.717, 1.165) is 31.9 Å². The number of nitrogens with zero attached hydrogens (tertiary/aromatic N) is 6. The highest BCUT2D eigenvalue weighted by Crippen LogP contribution is 2.50. The molecule has 4 aromatic rings. The van der Waals surface area contributed by atoms with Gasteiger partial charge in [0.2, 0.25) is 0 Å². The van der Waals surface area contributed by atoms with Crippen LogP contribution in [0.5, 0.6) is 0 Å². The van der Waals surface area contributed by atoms with Crippen molar-refractivity contribution in [2.45, 2.75) is 32.1 Å². The van der Waals surface area contributed by atoms with Gasteiger partial charge < -0.3 is 5.11 Å². The van der Waals surface area contributed by atoms with Crippen molar-refractivity contribution in [3.63, 3.8) is 0 Å². The third-order valence-corrected chi connectivity index (χ3v) is 7.60. The van der Waals surface area contributed by atoms with Gasteiger partial charge in [0.25, 0.3) is 0 Å². The van der Waals surface area contributed by atoms with Crippen molar-refractivity contribution < 1.29 is 18.7 Å². The zero-order chi connectivity index (χ0) is 24.3. The molecule has 2 bridgehead atoms. The van der Waals surface area contributed by atoms with E-state index in [-0.39, 0.29) is 47.0 Å². The second-order valence-corrected chi connectivity index (χ2v) is 9.59. The summed E-state index contributed by atoms with van der Waals surface area (Å²) in [4.78, 5) is 25.1. The van der Waals surface area contributed by atoms with Crippen LogP contribution in [0.1, 0.15) is 31.4 Å². The molecule has 9 nitrogen and oxygen atoms in total. The van der Waals surface area contributed by atoms with E-state index in [1.807, 2.05) is 0 Å². The van der Waals surface area contributed by atoms with Gasteiger partial charge >= 0.3 is 5.97 Å². The number of halogens is 2. The number of hydrogen-bond acceptors (Lipinski definition) is 6. The van der Waals surface area contributed by atoms with E-state index >= 15 is 4.39 Å². The molecule has 0 radical (unpaired) electrons. The molecule has 3 saturated carbocycles. The molecular weight excluding hydrogens is 456 g/mol. The summed E-state index contributed by atoms with van der Waals surface area (Å²) >= 11 is 0. The summed E-state index contributed by atoms with van der Waals surface area (Å²) in [5.41, 5.74) is 1.26. The highest BCUT2D eigenvalue weighted by molar-refractivity contribution is 5.89. The summed E-state index contributed by atoms with van der Waals surface area (Å²) in [5, 5.41) is 21.4. The minimum absolute atomic E-state index is 0.0538. The van der Waals surface area contributed by atoms with E-state index in [1.165, 1.54) is 12.3 Å². The number of carbonyl (C=O) groups is 1. The zero-order valence-corrected chi connectivity index (χ0v) is 18.9. The average Bonchev–Trinajstić information content (AvgIpc) is 3.46. The molecule has 3 aliphatic carbocycles. The molecule has 7 rings (SSSR count). The van der Waals surface area contributed by atoms with Crippen molar-refractivity contribution in [1.82, 2.24) is 34.9 Å². The van der Waals surface area contributed by atoms with Gasteiger partial charge in [0.05, 0.1) is 29.4 Å². The lowest BCUT2D eigenvalue weighted by Gasteiger charge is -2.46. The van der Waals surface area contributed by atoms with E-state index in [1.54, 1.807) is 17.9 Å². The third-order valence-electron chi connectivity index (χ3n) is 7.60. The molecule has 35 heavy (non-hydrogen) atoms. The van der Waals surface area contributed by atoms with Crippen LogP contribution in [0.4, 0.5) is 8.78 Å². The number of carboxylic acid groups (broad SMARTS) is 1. The topological polar surface area (TPSA) is 122 Å². The van der Waals surface area contributed by atoms with Crippen LogP contribution in [-0.2, 0) is 18.3 Å². The quantitative estimate of drug-likeness (QED) is 0.447. The van der Waals surface area contributed by atoms with Gasteiger partial charge in [0.1, 0.15) is 17.2 Å². The second-order valence-electron chi connectivity index (χ2n) is 9.59. The number of aromatic nitrogens is 7. The molecule has 4 heterocycles. The molecule has 2 N–H and O–H groups in total. The first-order chi connectivity index (χ1) is 16.9. The molecule has 4 aromatic heterocycles. The smallest absolute Gasteiger partial charge is 0.307 e. The van der Waals surface area contributed by atoms with Crippen LogP contribution < -0.4 is 0 Å². The molecule has 0 saturated heterocycles. The first-order valence-corrected chi connectivity index (χ1v) is 11.7. The van der Waals surface area contributed by atoms with E-state index in [2.05, 4.69) is 30.2 Å². The zero-order valence-electron chi connectivity index (χ0n) is 18.9. The fourth-order valence-electron chi connectivity index (χ4n) is 6.00. The summed E-state index contributed by atoms with van der Waals surface area (Å²) in [6.45, 7) is 0. The Morgan fingerprint density at radius 1 is 1.17 bits per heavy atom. The Hall–Kier alpha value is -3.76. The Balaban J connectivity index is 1.50. The number of aromatic amines is 1. The lowest BCUT2D eigenvalue weighted by atomic mass is 9.57. The molecule has 3 aliphatic rings. The van der Waals surface area contributed by atoms with Gasteiger partial charge in [-0.1, -0.05) is 0 Å². The van der Waals surface area contributed by atoms with Gasteiger partial charge in [-0.3, -0.25) is 14.6 Å². The summed E-state index contributed by atoms with van der Waals surface area (Å²) < 4.78 is 31.4. The predicted octanol–water partition coefficient (Wildman–Crippen LogP) is 3.77. The SMILES string of the molecule is Cn1cc(-c2nc(-c3[nH]nc4ncc(F)cc34)nc(CC3C4CCC(CC4)C3C(=O)O)c2F)cn1. The predicted molar refractivity (Wildman–Crippen MR) is 121 cm³/mol. The number of rotatable bonds is 5. The summed E-state index contributed by atoms with van der Waals surface area (Å²) in [5.74, 6) is -2.24. The maximum absolute atomic E-state index is 15.9. The van der Waals surface area contributed by atoms with Gasteiger partial charge in [-0.25, -0.2) is 23.7 Å². The van der Waals surface area contributed by atoms with Gasteiger partial charge in [0, 0.05) is 18.8 Å². The van der Waals surface area contributed by atoms with E-state index in [9.17, 15) is 14.3 Å². The Morgan fingerprint density at radius 3 is 2.66 bits per heavy atom. The summed E-state index contributed by atoms with van der Waals surface area (Å²) in [7, 11) is 1.72. The van der Waals surface area contributed by atoms with E-state index in [0.29, 0.717) is 16.6 Å². The van der Waals surface area contributed by atoms with Crippen molar-refractivity contribution in [1.29, 1.82) is 0 Å². The molecule has 2 atom stereocenters. The minimum Gasteiger partial charge on any atom is -0.481 e. The minimum atomic E-state index is -0.826. The molecule has 11 heteroatoms. The van der Waals surface area contributed by atoms with Crippen LogP contribution in [0.3, 0.4) is 0 Å². The monoisotopic (exact) mass is 479 g/mol. The highest BCUT2D eigenvalue weighted by Gasteiger charge is 2.47. The van der Waals surface area contributed by atoms with Crippen molar-refractivity contribution in [2.75, 3.05) is 0 Å². The van der Waals surface area contributed by atoms with Gasteiger partial charge in [-0.2, -0.15) is 10.2 Å². The van der Waals surface area contributed by atoms with Gasteiger partial charge in [-0.05, 0) is 55.9 Å². The van der Waals surface area contributed by atoms with Crippen LogP contribution in [0.25, 0.3) is 33.8 Å². The van der Waals surface area contributed by atoms with Crippen molar-refractivity contribution in [2.24, 2.45) is 30.7 Å². The maximum Gasteiger partial charge on any atom is 0.307 e. The largest absolute Gasteiger partial charge is 0.481 e. The molecule has 3 fully saturated rings. The molecule has 0 spiro atoms. The number of aryl methyl sites for hydroxylation is 1. The Bertz CT molecular complexity index is 1440. The summed E-state index contributed by atoms with van der Waals surface area (Å²) in [6.07, 6.45) is 8.10. The van der Waals surface area contributed by atoms with E-state index in [4.69, 9.17) is 0 Å². The maximum atomic E-state index is 15.9. The lowest BCUT2D eigenvalue weighted by Crippen LogP contribution is -2.45. The van der Waals surface area contributed by atoms with Crippen molar-refractivity contribution in [3.05, 3.63) is 42.0 Å². The van der Waals surface area contributed by atoms with Crippen LogP contribution in [-0.4, -0.2) is 46.0 Å². The number of pyridine rings is 1. The lowest BCUT2D eigenvalue weighted by molar-refractivity contribution is -0.152. The first-order valence-electron chi connectivity index (χ1n) is 11.7. The fourth-order valence-corrected chi connectivity index (χ4v) is 6.00. The highest BCUT2D eigenvalue weighted by atomic mass is 19.1. The molecule has 2 unspecified atom stereocenters. The Labute approximate surface area is 198 Å². The number of H-pyrrole nitrogens is 1. The van der Waals surface area contributed by atoms with Gasteiger partial charge in [-0.15, -0.1) is 0 Å². The standard InChI is InChI=1S/C24H23F2N7O2/c1-33-10-13(8-28-33)20-19(26)17(7-15-11-2-4-12(5-3-11)18(15)24(34)35)29-23(30-20)21-16-6-14(25)9-27-22(16)32-31-21/h6,8-12,15,18H,2-5,7H2,1H3,(H,34,35)(H,27,31,32). The molecule has 0 aromatic carbocycles. The van der Waals surface area contributed by atoms with E-state index < -0.39 is 23.5 Å². The van der Waals surface area contributed by atoms with Gasteiger partial charge in [0.15, 0.2) is 17.3 Å². The van der Waals surface area contributed by atoms with Crippen molar-refractivity contribution >= 4 is 17.0 Å². The van der Waals surface area contributed by atoms with Crippen molar-refractivity contribution in [3.8, 4) is 22.8 Å².